The van der Waals surface area contributed by atoms with E-state index in [0.29, 0.717) is 84.2 Å². The summed E-state index contributed by atoms with van der Waals surface area (Å²) < 4.78 is 17.9. The lowest BCUT2D eigenvalue weighted by Gasteiger charge is -2.14. The third-order valence-electron chi connectivity index (χ3n) is 11.6. The normalized spacial score (nSPS) is 15.2. The third-order valence-corrected chi connectivity index (χ3v) is 11.6. The molecule has 0 radical (unpaired) electrons. The van der Waals surface area contributed by atoms with E-state index in [9.17, 15) is 19.2 Å². The molecule has 4 aromatic heterocycles. The van der Waals surface area contributed by atoms with Crippen LogP contribution in [-0.2, 0) is 9.59 Å². The van der Waals surface area contributed by atoms with E-state index in [1.165, 1.54) is 21.8 Å². The molecule has 2 amide bonds. The lowest BCUT2D eigenvalue weighted by atomic mass is 10.2. The topological polar surface area (TPSA) is 217 Å². The molecule has 0 spiro atoms. The SMILES string of the molecule is CC#CC(=O)N1CC[C@@H](n2c(=O)n(-c3ccc(Oc4ccccc4)cc3)c3c(N)ncnc32)C1.CC#CC(=O)N1CC[C@@H](n2c(=O)n(-c3ccc(Oc4ccccc4)cc3)c3c(N)ncnc32)C1. The Morgan fingerprint density at radius 1 is 0.544 bits per heavy atom. The zero-order valence-electron chi connectivity index (χ0n) is 37.0. The van der Waals surface area contributed by atoms with Crippen LogP contribution in [-0.4, -0.2) is 86.0 Å². The number of benzene rings is 4. The summed E-state index contributed by atoms with van der Waals surface area (Å²) in [6.45, 7) is 5.03. The van der Waals surface area contributed by atoms with Crippen molar-refractivity contribution in [2.75, 3.05) is 37.6 Å². The lowest BCUT2D eigenvalue weighted by Crippen LogP contribution is -2.31. The Labute approximate surface area is 389 Å². The molecule has 4 N–H and O–H groups in total. The van der Waals surface area contributed by atoms with Gasteiger partial charge in [0.05, 0.1) is 23.5 Å². The lowest BCUT2D eigenvalue weighted by molar-refractivity contribution is -0.125. The molecule has 6 heterocycles. The number of rotatable bonds is 8. The molecule has 340 valence electrons. The van der Waals surface area contributed by atoms with Gasteiger partial charge in [0.2, 0.25) is 0 Å². The number of anilines is 2. The quantitative estimate of drug-likeness (QED) is 0.181. The Morgan fingerprint density at radius 2 is 0.912 bits per heavy atom. The molecule has 4 aromatic carbocycles. The van der Waals surface area contributed by atoms with E-state index >= 15 is 0 Å². The van der Waals surface area contributed by atoms with Crippen LogP contribution in [0.2, 0.25) is 0 Å². The molecule has 8 aromatic rings. The van der Waals surface area contributed by atoms with E-state index in [0.717, 1.165) is 11.5 Å². The second-order valence-electron chi connectivity index (χ2n) is 15.8. The zero-order valence-corrected chi connectivity index (χ0v) is 37.0. The van der Waals surface area contributed by atoms with Crippen LogP contribution < -0.4 is 32.3 Å². The first-order chi connectivity index (χ1) is 33.1. The Hall–Kier alpha value is -9.16. The van der Waals surface area contributed by atoms with E-state index in [2.05, 4.69) is 43.6 Å². The first kappa shape index (κ1) is 44.1. The minimum Gasteiger partial charge on any atom is -0.457 e. The number of nitrogen functional groups attached to an aromatic ring is 2. The summed E-state index contributed by atoms with van der Waals surface area (Å²) in [4.78, 5) is 72.0. The number of nitrogens with two attached hydrogens (primary N) is 2. The van der Waals surface area contributed by atoms with Crippen molar-refractivity contribution in [2.24, 2.45) is 0 Å². The third kappa shape index (κ3) is 8.69. The number of ether oxygens (including phenoxy) is 2. The number of hydrogen-bond donors (Lipinski definition) is 2. The molecule has 2 saturated heterocycles. The summed E-state index contributed by atoms with van der Waals surface area (Å²) in [6, 6.07) is 32.7. The predicted molar refractivity (Wildman–Crippen MR) is 255 cm³/mol. The summed E-state index contributed by atoms with van der Waals surface area (Å²) in [5, 5.41) is 0. The number of fused-ring (bicyclic) bond motifs is 2. The van der Waals surface area contributed by atoms with Crippen LogP contribution in [0, 0.1) is 23.7 Å². The molecule has 2 aliphatic rings. The molecule has 18 heteroatoms. The minimum absolute atomic E-state index is 0.202. The van der Waals surface area contributed by atoms with Gasteiger partial charge >= 0.3 is 11.4 Å². The van der Waals surface area contributed by atoms with Crippen LogP contribution in [0.15, 0.2) is 131 Å². The van der Waals surface area contributed by atoms with Gasteiger partial charge in [-0.2, -0.15) is 0 Å². The van der Waals surface area contributed by atoms with Gasteiger partial charge in [-0.05, 0) is 111 Å². The van der Waals surface area contributed by atoms with Crippen molar-refractivity contribution >= 4 is 45.8 Å². The summed E-state index contributed by atoms with van der Waals surface area (Å²) in [6.07, 6.45) is 3.91. The van der Waals surface area contributed by atoms with Gasteiger partial charge < -0.3 is 30.7 Å². The van der Waals surface area contributed by atoms with Crippen LogP contribution in [0.3, 0.4) is 0 Å². The number of carbonyl (C=O) groups is 2. The second-order valence-corrected chi connectivity index (χ2v) is 15.8. The van der Waals surface area contributed by atoms with E-state index in [1.807, 2.05) is 60.7 Å². The number of amides is 2. The molecule has 2 aliphatic heterocycles. The van der Waals surface area contributed by atoms with Gasteiger partial charge in [0, 0.05) is 26.2 Å². The standard InChI is InChI=1S/2C25H22N6O3/c2*1-2-6-21(32)29-14-13-18(15-29)31-24-22(23(26)27-16-28-24)30(25(31)33)17-9-11-20(12-10-17)34-19-7-4-3-5-8-19/h2*3-5,7-12,16,18H,13-15H2,1H3,(H2,26,27,28)/t2*18-/m11/s1. The van der Waals surface area contributed by atoms with Crippen molar-refractivity contribution in [1.82, 2.24) is 48.0 Å². The van der Waals surface area contributed by atoms with Gasteiger partial charge in [-0.25, -0.2) is 29.5 Å². The summed E-state index contributed by atoms with van der Waals surface area (Å²) >= 11 is 0. The van der Waals surface area contributed by atoms with Crippen LogP contribution in [0.5, 0.6) is 23.0 Å². The number of nitrogens with zero attached hydrogens (tertiary/aromatic N) is 10. The van der Waals surface area contributed by atoms with E-state index in [4.69, 9.17) is 20.9 Å². The Balaban J connectivity index is 0.000000170. The summed E-state index contributed by atoms with van der Waals surface area (Å²) in [7, 11) is 0. The van der Waals surface area contributed by atoms with Crippen molar-refractivity contribution in [3.05, 3.63) is 143 Å². The number of para-hydroxylation sites is 2. The van der Waals surface area contributed by atoms with Crippen molar-refractivity contribution in [3.63, 3.8) is 0 Å². The van der Waals surface area contributed by atoms with Gasteiger partial charge in [-0.3, -0.25) is 27.9 Å². The minimum atomic E-state index is -0.292. The Bertz CT molecular complexity index is 3190. The van der Waals surface area contributed by atoms with Gasteiger partial charge in [-0.1, -0.05) is 48.2 Å². The maximum Gasteiger partial charge on any atom is 0.335 e. The monoisotopic (exact) mass is 908 g/mol. The van der Waals surface area contributed by atoms with Gasteiger partial charge in [0.1, 0.15) is 46.7 Å². The molecule has 0 unspecified atom stereocenters. The number of hydrogen-bond acceptors (Lipinski definition) is 12. The van der Waals surface area contributed by atoms with Crippen molar-refractivity contribution in [3.8, 4) is 58.1 Å². The van der Waals surface area contributed by atoms with Gasteiger partial charge in [0.15, 0.2) is 22.9 Å². The van der Waals surface area contributed by atoms with E-state index in [1.54, 1.807) is 81.3 Å². The fraction of sp³-hybridized carbons (Fsp3) is 0.200. The number of carbonyl (C=O) groups excluding carboxylic acids is 2. The largest absolute Gasteiger partial charge is 0.457 e. The maximum atomic E-state index is 13.6. The van der Waals surface area contributed by atoms with Gasteiger partial charge in [-0.15, -0.1) is 0 Å². The van der Waals surface area contributed by atoms with Crippen molar-refractivity contribution in [1.29, 1.82) is 0 Å². The molecular weight excluding hydrogens is 865 g/mol. The number of likely N-dealkylation sites (tertiary alicyclic amines) is 2. The first-order valence-electron chi connectivity index (χ1n) is 21.7. The number of imidazole rings is 2. The maximum absolute atomic E-state index is 13.6. The van der Waals surface area contributed by atoms with Crippen LogP contribution in [0.4, 0.5) is 11.6 Å². The van der Waals surface area contributed by atoms with Crippen molar-refractivity contribution < 1.29 is 19.1 Å². The molecule has 0 aliphatic carbocycles. The summed E-state index contributed by atoms with van der Waals surface area (Å²) in [5.41, 5.74) is 14.7. The highest BCUT2D eigenvalue weighted by Crippen LogP contribution is 2.31. The zero-order chi connectivity index (χ0) is 47.3. The molecule has 2 atom stereocenters. The average molecular weight is 909 g/mol. The smallest absolute Gasteiger partial charge is 0.335 e. The molecule has 2 fully saturated rings. The number of aromatic nitrogens is 8. The average Bonchev–Trinajstić information content (AvgIpc) is 4.15. The molecule has 18 nitrogen and oxygen atoms in total. The highest BCUT2D eigenvalue weighted by molar-refractivity contribution is 5.94. The van der Waals surface area contributed by atoms with Crippen LogP contribution in [0.1, 0.15) is 38.8 Å². The van der Waals surface area contributed by atoms with Crippen LogP contribution in [0.25, 0.3) is 33.7 Å². The van der Waals surface area contributed by atoms with Crippen molar-refractivity contribution in [2.45, 2.75) is 38.8 Å². The predicted octanol–water partition coefficient (Wildman–Crippen LogP) is 5.51. The van der Waals surface area contributed by atoms with E-state index in [-0.39, 0.29) is 46.9 Å². The molecular formula is C50H44N12O6. The Morgan fingerprint density at radius 3 is 1.28 bits per heavy atom. The fourth-order valence-electron chi connectivity index (χ4n) is 8.49. The highest BCUT2D eigenvalue weighted by atomic mass is 16.5. The molecule has 0 saturated carbocycles. The van der Waals surface area contributed by atoms with Gasteiger partial charge in [0.25, 0.3) is 11.8 Å². The second kappa shape index (κ2) is 19.1. The van der Waals surface area contributed by atoms with Crippen LogP contribution >= 0.6 is 0 Å². The molecule has 10 rings (SSSR count). The molecule has 68 heavy (non-hydrogen) atoms. The Kier molecular flexibility index (Phi) is 12.4. The van der Waals surface area contributed by atoms with E-state index < -0.39 is 0 Å². The summed E-state index contributed by atoms with van der Waals surface area (Å²) in [5.74, 6) is 13.0. The molecule has 0 bridgehead atoms. The first-order valence-corrected chi connectivity index (χ1v) is 21.7. The highest BCUT2D eigenvalue weighted by Gasteiger charge is 2.33. The fourth-order valence-corrected chi connectivity index (χ4v) is 8.49.